The van der Waals surface area contributed by atoms with Gasteiger partial charge in [-0.3, -0.25) is 4.79 Å². The number of nitrogens with zero attached hydrogens (tertiary/aromatic N) is 2. The first kappa shape index (κ1) is 22.3. The molecule has 0 aliphatic carbocycles. The zero-order chi connectivity index (χ0) is 22.6. The molecule has 166 valence electrons. The standard InChI is InChI=1S/C25H27N3O3S/c1-25(2)13-21-20(15-31-25)24(28-23(27-21)18-10-7-11-19(12-18)30-3)32-16-22(29)26-14-17-8-5-4-6-9-17/h4-12H,13-16H2,1-3H3,(H,26,29). The van der Waals surface area contributed by atoms with E-state index < -0.39 is 0 Å². The Balaban J connectivity index is 1.55. The van der Waals surface area contributed by atoms with E-state index in [-0.39, 0.29) is 17.3 Å². The van der Waals surface area contributed by atoms with Crippen LogP contribution in [0.5, 0.6) is 5.75 Å². The van der Waals surface area contributed by atoms with Gasteiger partial charge in [0, 0.05) is 24.1 Å². The molecule has 0 unspecified atom stereocenters. The second kappa shape index (κ2) is 9.71. The number of fused-ring (bicyclic) bond motifs is 1. The van der Waals surface area contributed by atoms with Crippen LogP contribution in [0.25, 0.3) is 11.4 Å². The molecule has 2 aromatic carbocycles. The lowest BCUT2D eigenvalue weighted by molar-refractivity contribution is -0.118. The molecule has 4 rings (SSSR count). The third-order valence-electron chi connectivity index (χ3n) is 5.26. The number of hydrogen-bond donors (Lipinski definition) is 1. The van der Waals surface area contributed by atoms with Crippen molar-refractivity contribution < 1.29 is 14.3 Å². The lowest BCUT2D eigenvalue weighted by atomic mass is 9.96. The molecule has 6 nitrogen and oxygen atoms in total. The number of hydrogen-bond acceptors (Lipinski definition) is 6. The molecule has 1 aliphatic heterocycles. The zero-order valence-corrected chi connectivity index (χ0v) is 19.4. The van der Waals surface area contributed by atoms with Gasteiger partial charge in [-0.1, -0.05) is 54.2 Å². The van der Waals surface area contributed by atoms with E-state index in [2.05, 4.69) is 19.2 Å². The average molecular weight is 450 g/mol. The third-order valence-corrected chi connectivity index (χ3v) is 6.27. The van der Waals surface area contributed by atoms with Crippen molar-refractivity contribution in [1.82, 2.24) is 15.3 Å². The van der Waals surface area contributed by atoms with Crippen molar-refractivity contribution >= 4 is 17.7 Å². The maximum atomic E-state index is 12.5. The predicted octanol–water partition coefficient (Wildman–Crippen LogP) is 4.41. The van der Waals surface area contributed by atoms with Gasteiger partial charge in [-0.05, 0) is 31.5 Å². The second-order valence-corrected chi connectivity index (χ2v) is 9.25. The van der Waals surface area contributed by atoms with Crippen LogP contribution in [0.4, 0.5) is 0 Å². The molecule has 0 bridgehead atoms. The normalized spacial score (nSPS) is 14.5. The fourth-order valence-electron chi connectivity index (χ4n) is 3.51. The average Bonchev–Trinajstić information content (AvgIpc) is 2.80. The summed E-state index contributed by atoms with van der Waals surface area (Å²) in [5.74, 6) is 1.62. The molecule has 0 radical (unpaired) electrons. The van der Waals surface area contributed by atoms with Crippen LogP contribution < -0.4 is 10.1 Å². The molecule has 0 atom stereocenters. The Morgan fingerprint density at radius 2 is 1.97 bits per heavy atom. The Morgan fingerprint density at radius 1 is 1.16 bits per heavy atom. The van der Waals surface area contributed by atoms with Gasteiger partial charge in [-0.25, -0.2) is 9.97 Å². The van der Waals surface area contributed by atoms with Crippen molar-refractivity contribution in [3.05, 3.63) is 71.4 Å². The number of methoxy groups -OCH3 is 1. The van der Waals surface area contributed by atoms with Crippen LogP contribution in [-0.2, 0) is 29.1 Å². The third kappa shape index (κ3) is 5.47. The van der Waals surface area contributed by atoms with Crippen molar-refractivity contribution in [2.45, 2.75) is 44.0 Å². The Bertz CT molecular complexity index is 1100. The minimum Gasteiger partial charge on any atom is -0.497 e. The maximum absolute atomic E-state index is 12.5. The first-order valence-electron chi connectivity index (χ1n) is 10.5. The van der Waals surface area contributed by atoms with Gasteiger partial charge in [-0.15, -0.1) is 0 Å². The molecule has 0 fully saturated rings. The number of ether oxygens (including phenoxy) is 2. The lowest BCUT2D eigenvalue weighted by Crippen LogP contribution is -2.33. The number of benzene rings is 2. The second-order valence-electron chi connectivity index (χ2n) is 8.29. The van der Waals surface area contributed by atoms with E-state index in [1.807, 2.05) is 54.6 Å². The molecule has 7 heteroatoms. The van der Waals surface area contributed by atoms with E-state index in [0.29, 0.717) is 25.4 Å². The maximum Gasteiger partial charge on any atom is 0.230 e. The van der Waals surface area contributed by atoms with Gasteiger partial charge < -0.3 is 14.8 Å². The van der Waals surface area contributed by atoms with Gasteiger partial charge >= 0.3 is 0 Å². The molecule has 0 spiro atoms. The molecule has 1 amide bonds. The van der Waals surface area contributed by atoms with E-state index in [0.717, 1.165) is 33.2 Å². The smallest absolute Gasteiger partial charge is 0.230 e. The van der Waals surface area contributed by atoms with Crippen molar-refractivity contribution in [3.8, 4) is 17.1 Å². The Kier molecular flexibility index (Phi) is 6.77. The van der Waals surface area contributed by atoms with Crippen molar-refractivity contribution in [3.63, 3.8) is 0 Å². The number of amides is 1. The van der Waals surface area contributed by atoms with Crippen LogP contribution in [0.15, 0.2) is 59.6 Å². The molecule has 32 heavy (non-hydrogen) atoms. The molecule has 0 saturated carbocycles. The predicted molar refractivity (Wildman–Crippen MR) is 126 cm³/mol. The van der Waals surface area contributed by atoms with E-state index in [9.17, 15) is 4.79 Å². The van der Waals surface area contributed by atoms with Crippen molar-refractivity contribution in [2.75, 3.05) is 12.9 Å². The number of thioether (sulfide) groups is 1. The Labute approximate surface area is 192 Å². The molecule has 3 aromatic rings. The van der Waals surface area contributed by atoms with Gasteiger partial charge in [0.05, 0.1) is 30.8 Å². The fourth-order valence-corrected chi connectivity index (χ4v) is 4.38. The van der Waals surface area contributed by atoms with Gasteiger partial charge in [0.1, 0.15) is 10.8 Å². The number of carbonyl (C=O) groups is 1. The molecular weight excluding hydrogens is 422 g/mol. The molecule has 1 aromatic heterocycles. The van der Waals surface area contributed by atoms with Gasteiger partial charge in [-0.2, -0.15) is 0 Å². The summed E-state index contributed by atoms with van der Waals surface area (Å²) in [6.45, 7) is 5.07. The molecule has 1 aliphatic rings. The van der Waals surface area contributed by atoms with Crippen LogP contribution in [0.1, 0.15) is 30.7 Å². The van der Waals surface area contributed by atoms with E-state index >= 15 is 0 Å². The van der Waals surface area contributed by atoms with Crippen molar-refractivity contribution in [1.29, 1.82) is 0 Å². The highest BCUT2D eigenvalue weighted by molar-refractivity contribution is 7.99. The zero-order valence-electron chi connectivity index (χ0n) is 18.6. The van der Waals surface area contributed by atoms with Crippen LogP contribution in [0.2, 0.25) is 0 Å². The number of carbonyl (C=O) groups excluding carboxylic acids is 1. The topological polar surface area (TPSA) is 73.3 Å². The van der Waals surface area contributed by atoms with Crippen LogP contribution in [0.3, 0.4) is 0 Å². The highest BCUT2D eigenvalue weighted by Gasteiger charge is 2.30. The summed E-state index contributed by atoms with van der Waals surface area (Å²) >= 11 is 1.42. The molecule has 0 saturated heterocycles. The monoisotopic (exact) mass is 449 g/mol. The summed E-state index contributed by atoms with van der Waals surface area (Å²) in [5.41, 5.74) is 3.60. The molecule has 1 N–H and O–H groups in total. The summed E-state index contributed by atoms with van der Waals surface area (Å²) in [7, 11) is 1.64. The number of nitrogens with one attached hydrogen (secondary N) is 1. The van der Waals surface area contributed by atoms with Crippen LogP contribution in [-0.4, -0.2) is 34.3 Å². The first-order valence-corrected chi connectivity index (χ1v) is 11.5. The number of aromatic nitrogens is 2. The minimum atomic E-state index is -0.290. The largest absolute Gasteiger partial charge is 0.497 e. The van der Waals surface area contributed by atoms with Gasteiger partial charge in [0.2, 0.25) is 5.91 Å². The highest BCUT2D eigenvalue weighted by atomic mass is 32.2. The van der Waals surface area contributed by atoms with Gasteiger partial charge in [0.15, 0.2) is 5.82 Å². The van der Waals surface area contributed by atoms with Gasteiger partial charge in [0.25, 0.3) is 0 Å². The summed E-state index contributed by atoms with van der Waals surface area (Å²) in [6, 6.07) is 17.6. The van der Waals surface area contributed by atoms with Crippen LogP contribution in [0, 0.1) is 0 Å². The lowest BCUT2D eigenvalue weighted by Gasteiger charge is -2.32. The van der Waals surface area contributed by atoms with E-state index in [1.165, 1.54) is 11.8 Å². The Hall–Kier alpha value is -2.90. The minimum absolute atomic E-state index is 0.0359. The van der Waals surface area contributed by atoms with E-state index in [4.69, 9.17) is 19.4 Å². The van der Waals surface area contributed by atoms with Crippen LogP contribution >= 0.6 is 11.8 Å². The van der Waals surface area contributed by atoms with Crippen molar-refractivity contribution in [2.24, 2.45) is 0 Å². The SMILES string of the molecule is COc1cccc(-c2nc3c(c(SCC(=O)NCc4ccccc4)n2)COC(C)(C)C3)c1. The Morgan fingerprint density at radius 3 is 2.75 bits per heavy atom. The highest BCUT2D eigenvalue weighted by Crippen LogP contribution is 2.34. The molecular formula is C25H27N3O3S. The summed E-state index contributed by atoms with van der Waals surface area (Å²) in [6.07, 6.45) is 0.690. The quantitative estimate of drug-likeness (QED) is 0.425. The summed E-state index contributed by atoms with van der Waals surface area (Å²) in [4.78, 5) is 22.1. The fraction of sp³-hybridized carbons (Fsp3) is 0.320. The van der Waals surface area contributed by atoms with E-state index in [1.54, 1.807) is 7.11 Å². The summed E-state index contributed by atoms with van der Waals surface area (Å²) < 4.78 is 11.4. The number of rotatable bonds is 7. The summed E-state index contributed by atoms with van der Waals surface area (Å²) in [5, 5.41) is 3.76. The molecule has 2 heterocycles. The first-order chi connectivity index (χ1) is 15.4.